The molecule has 1 aromatic carbocycles. The second kappa shape index (κ2) is 6.58. The molecule has 1 amide bonds. The number of likely N-dealkylation sites (N-methyl/N-ethyl adjacent to an activating group) is 2. The standard InChI is InChI=1S/C12H18N4O3/c1-4-14-9-6-5-7-10(12(9)16(18)19)15(3)8-11(17)13-2/h5-7,14H,4,8H2,1-3H3,(H,13,17). The van der Waals surface area contributed by atoms with E-state index in [1.54, 1.807) is 30.1 Å². The summed E-state index contributed by atoms with van der Waals surface area (Å²) in [6, 6.07) is 5.00. The Morgan fingerprint density at radius 1 is 1.47 bits per heavy atom. The Bertz CT molecular complexity index is 476. The highest BCUT2D eigenvalue weighted by Crippen LogP contribution is 2.34. The normalized spacial score (nSPS) is 9.84. The molecule has 1 aromatic rings. The molecule has 0 aliphatic rings. The number of nitro benzene ring substituents is 1. The van der Waals surface area contributed by atoms with E-state index >= 15 is 0 Å². The first-order chi connectivity index (χ1) is 9.01. The van der Waals surface area contributed by atoms with Crippen LogP contribution < -0.4 is 15.5 Å². The van der Waals surface area contributed by atoms with Gasteiger partial charge in [0.25, 0.3) is 0 Å². The molecule has 0 atom stereocenters. The molecule has 0 radical (unpaired) electrons. The summed E-state index contributed by atoms with van der Waals surface area (Å²) in [6.07, 6.45) is 0. The minimum atomic E-state index is -0.437. The van der Waals surface area contributed by atoms with Gasteiger partial charge in [-0.2, -0.15) is 0 Å². The Kier molecular flexibility index (Phi) is 5.11. The van der Waals surface area contributed by atoms with Crippen molar-refractivity contribution in [3.63, 3.8) is 0 Å². The van der Waals surface area contributed by atoms with Gasteiger partial charge in [0, 0.05) is 20.6 Å². The summed E-state index contributed by atoms with van der Waals surface area (Å²) in [5, 5.41) is 16.7. The summed E-state index contributed by atoms with van der Waals surface area (Å²) in [6.45, 7) is 2.51. The molecule has 0 saturated carbocycles. The number of hydrogen-bond donors (Lipinski definition) is 2. The summed E-state index contributed by atoms with van der Waals surface area (Å²) in [5.41, 5.74) is 0.844. The largest absolute Gasteiger partial charge is 0.380 e. The third kappa shape index (κ3) is 3.57. The van der Waals surface area contributed by atoms with Crippen LogP contribution in [0.4, 0.5) is 17.1 Å². The maximum absolute atomic E-state index is 11.3. The van der Waals surface area contributed by atoms with Crippen LogP contribution in [0.5, 0.6) is 0 Å². The second-order valence-electron chi connectivity index (χ2n) is 3.99. The van der Waals surface area contributed by atoms with Gasteiger partial charge in [0.1, 0.15) is 11.4 Å². The average molecular weight is 266 g/mol. The van der Waals surface area contributed by atoms with Crippen molar-refractivity contribution in [1.29, 1.82) is 0 Å². The van der Waals surface area contributed by atoms with Crippen LogP contribution in [0.25, 0.3) is 0 Å². The number of nitrogens with zero attached hydrogens (tertiary/aromatic N) is 2. The van der Waals surface area contributed by atoms with Gasteiger partial charge in [0.15, 0.2) is 0 Å². The van der Waals surface area contributed by atoms with Gasteiger partial charge in [0.2, 0.25) is 5.91 Å². The van der Waals surface area contributed by atoms with Gasteiger partial charge in [-0.15, -0.1) is 0 Å². The number of para-hydroxylation sites is 1. The molecule has 0 aliphatic heterocycles. The Balaban J connectivity index is 3.15. The molecule has 0 aliphatic carbocycles. The zero-order valence-corrected chi connectivity index (χ0v) is 11.3. The maximum Gasteiger partial charge on any atom is 0.315 e. The van der Waals surface area contributed by atoms with Gasteiger partial charge in [0.05, 0.1) is 11.5 Å². The number of benzene rings is 1. The van der Waals surface area contributed by atoms with Gasteiger partial charge in [-0.1, -0.05) is 6.07 Å². The molecule has 0 fully saturated rings. The molecule has 7 nitrogen and oxygen atoms in total. The van der Waals surface area contributed by atoms with Crippen LogP contribution in [0.1, 0.15) is 6.92 Å². The van der Waals surface area contributed by atoms with Crippen molar-refractivity contribution in [3.05, 3.63) is 28.3 Å². The first-order valence-electron chi connectivity index (χ1n) is 5.94. The zero-order chi connectivity index (χ0) is 14.4. The summed E-state index contributed by atoms with van der Waals surface area (Å²) in [7, 11) is 3.17. The van der Waals surface area contributed by atoms with Gasteiger partial charge in [-0.05, 0) is 19.1 Å². The van der Waals surface area contributed by atoms with Crippen LogP contribution in [-0.2, 0) is 4.79 Å². The van der Waals surface area contributed by atoms with Crippen molar-refractivity contribution in [1.82, 2.24) is 5.32 Å². The van der Waals surface area contributed by atoms with Crippen molar-refractivity contribution in [2.24, 2.45) is 0 Å². The Morgan fingerprint density at radius 2 is 2.16 bits per heavy atom. The molecular weight excluding hydrogens is 248 g/mol. The van der Waals surface area contributed by atoms with Crippen molar-refractivity contribution in [3.8, 4) is 0 Å². The number of hydrogen-bond acceptors (Lipinski definition) is 5. The fourth-order valence-corrected chi connectivity index (χ4v) is 1.74. The summed E-state index contributed by atoms with van der Waals surface area (Å²) in [4.78, 5) is 23.7. The molecule has 2 N–H and O–H groups in total. The monoisotopic (exact) mass is 266 g/mol. The van der Waals surface area contributed by atoms with E-state index in [1.807, 2.05) is 6.92 Å². The van der Waals surface area contributed by atoms with E-state index in [0.717, 1.165) is 0 Å². The molecule has 0 unspecified atom stereocenters. The van der Waals surface area contributed by atoms with E-state index in [4.69, 9.17) is 0 Å². The van der Waals surface area contributed by atoms with Gasteiger partial charge >= 0.3 is 5.69 Å². The maximum atomic E-state index is 11.3. The number of carbonyl (C=O) groups excluding carboxylic acids is 1. The van der Waals surface area contributed by atoms with Gasteiger partial charge in [-0.3, -0.25) is 14.9 Å². The number of anilines is 2. The fraction of sp³-hybridized carbons (Fsp3) is 0.417. The third-order valence-corrected chi connectivity index (χ3v) is 2.64. The number of nitro groups is 1. The van der Waals surface area contributed by atoms with E-state index in [-0.39, 0.29) is 18.1 Å². The van der Waals surface area contributed by atoms with E-state index < -0.39 is 4.92 Å². The van der Waals surface area contributed by atoms with Crippen molar-refractivity contribution < 1.29 is 9.72 Å². The highest BCUT2D eigenvalue weighted by molar-refractivity contribution is 5.84. The summed E-state index contributed by atoms with van der Waals surface area (Å²) in [5.74, 6) is -0.203. The first kappa shape index (κ1) is 14.7. The van der Waals surface area contributed by atoms with E-state index in [0.29, 0.717) is 17.9 Å². The van der Waals surface area contributed by atoms with Gasteiger partial charge in [-0.25, -0.2) is 0 Å². The molecule has 7 heteroatoms. The van der Waals surface area contributed by atoms with E-state index in [9.17, 15) is 14.9 Å². The highest BCUT2D eigenvalue weighted by Gasteiger charge is 2.22. The summed E-state index contributed by atoms with van der Waals surface area (Å²) < 4.78 is 0. The number of amides is 1. The Labute approximate surface area is 111 Å². The third-order valence-electron chi connectivity index (χ3n) is 2.64. The molecule has 19 heavy (non-hydrogen) atoms. The molecule has 104 valence electrons. The van der Waals surface area contributed by atoms with Crippen molar-refractivity contribution in [2.45, 2.75) is 6.92 Å². The molecular formula is C12H18N4O3. The van der Waals surface area contributed by atoms with Crippen molar-refractivity contribution >= 4 is 23.0 Å². The van der Waals surface area contributed by atoms with E-state index in [2.05, 4.69) is 10.6 Å². The lowest BCUT2D eigenvalue weighted by Crippen LogP contribution is -2.33. The fourth-order valence-electron chi connectivity index (χ4n) is 1.74. The molecule has 1 rings (SSSR count). The van der Waals surface area contributed by atoms with Crippen LogP contribution in [0.2, 0.25) is 0 Å². The number of rotatable bonds is 6. The predicted molar refractivity (Wildman–Crippen MR) is 74.6 cm³/mol. The predicted octanol–water partition coefficient (Wildman–Crippen LogP) is 1.21. The molecule has 0 bridgehead atoms. The first-order valence-corrected chi connectivity index (χ1v) is 5.94. The van der Waals surface area contributed by atoms with Gasteiger partial charge < -0.3 is 15.5 Å². The van der Waals surface area contributed by atoms with Crippen LogP contribution in [0, 0.1) is 10.1 Å². The zero-order valence-electron chi connectivity index (χ0n) is 11.3. The highest BCUT2D eigenvalue weighted by atomic mass is 16.6. The molecule has 0 heterocycles. The lowest BCUT2D eigenvalue weighted by Gasteiger charge is -2.19. The van der Waals surface area contributed by atoms with Crippen molar-refractivity contribution in [2.75, 3.05) is 37.4 Å². The van der Waals surface area contributed by atoms with Crippen LogP contribution >= 0.6 is 0 Å². The Morgan fingerprint density at radius 3 is 2.68 bits per heavy atom. The average Bonchev–Trinajstić information content (AvgIpc) is 2.38. The number of carbonyl (C=O) groups is 1. The second-order valence-corrected chi connectivity index (χ2v) is 3.99. The van der Waals surface area contributed by atoms with Crippen LogP contribution in [-0.4, -0.2) is 38.0 Å². The lowest BCUT2D eigenvalue weighted by molar-refractivity contribution is -0.383. The van der Waals surface area contributed by atoms with E-state index in [1.165, 1.54) is 7.05 Å². The lowest BCUT2D eigenvalue weighted by atomic mass is 10.2. The molecule has 0 saturated heterocycles. The Hall–Kier alpha value is -2.31. The topological polar surface area (TPSA) is 87.5 Å². The summed E-state index contributed by atoms with van der Waals surface area (Å²) >= 11 is 0. The minimum Gasteiger partial charge on any atom is -0.380 e. The quantitative estimate of drug-likeness (QED) is 0.597. The SMILES string of the molecule is CCNc1cccc(N(C)CC(=O)NC)c1[N+](=O)[O-]. The van der Waals surface area contributed by atoms with Crippen LogP contribution in [0.15, 0.2) is 18.2 Å². The minimum absolute atomic E-state index is 0.0178. The molecule has 0 aromatic heterocycles. The smallest absolute Gasteiger partial charge is 0.315 e. The number of nitrogens with one attached hydrogen (secondary N) is 2. The molecule has 0 spiro atoms. The van der Waals surface area contributed by atoms with Crippen LogP contribution in [0.3, 0.4) is 0 Å².